The summed E-state index contributed by atoms with van der Waals surface area (Å²) in [5.74, 6) is 0.824. The number of aryl methyl sites for hydroxylation is 1. The van der Waals surface area contributed by atoms with Crippen molar-refractivity contribution in [1.29, 1.82) is 0 Å². The van der Waals surface area contributed by atoms with Crippen LogP contribution in [0.1, 0.15) is 30.0 Å². The minimum atomic E-state index is -0.192. The van der Waals surface area contributed by atoms with Gasteiger partial charge in [0.15, 0.2) is 0 Å². The van der Waals surface area contributed by atoms with Crippen molar-refractivity contribution in [1.82, 2.24) is 10.2 Å². The van der Waals surface area contributed by atoms with Crippen molar-refractivity contribution in [2.45, 2.75) is 25.8 Å². The molecule has 1 unspecified atom stereocenters. The second-order valence-corrected chi connectivity index (χ2v) is 7.78. The smallest absolute Gasteiger partial charge is 0.319 e. The van der Waals surface area contributed by atoms with Gasteiger partial charge in [-0.15, -0.1) is 0 Å². The van der Waals surface area contributed by atoms with Gasteiger partial charge in [-0.1, -0.05) is 12.1 Å². The molecule has 1 aliphatic rings. The number of nitrogens with one attached hydrogen (secondary N) is 2. The van der Waals surface area contributed by atoms with Gasteiger partial charge >= 0.3 is 6.03 Å². The van der Waals surface area contributed by atoms with E-state index in [0.29, 0.717) is 6.54 Å². The molecule has 2 N–H and O–H groups in total. The average Bonchev–Trinajstić information content (AvgIpc) is 3.25. The van der Waals surface area contributed by atoms with E-state index in [1.165, 1.54) is 18.5 Å². The lowest BCUT2D eigenvalue weighted by Gasteiger charge is -2.25. The summed E-state index contributed by atoms with van der Waals surface area (Å²) in [6.45, 7) is 4.78. The molecule has 0 spiro atoms. The van der Waals surface area contributed by atoms with Gasteiger partial charge < -0.3 is 25.2 Å². The fraction of sp³-hybridized carbons (Fsp3) is 0.435. The van der Waals surface area contributed by atoms with Crippen LogP contribution in [0.3, 0.4) is 0 Å². The number of benzene rings is 2. The summed E-state index contributed by atoms with van der Waals surface area (Å²) < 4.78 is 5.23. The predicted octanol–water partition coefficient (Wildman–Crippen LogP) is 4.03. The Morgan fingerprint density at radius 2 is 1.83 bits per heavy atom. The maximum Gasteiger partial charge on any atom is 0.319 e. The predicted molar refractivity (Wildman–Crippen MR) is 119 cm³/mol. The lowest BCUT2D eigenvalue weighted by Crippen LogP contribution is -2.37. The summed E-state index contributed by atoms with van der Waals surface area (Å²) in [5, 5.41) is 5.99. The molecule has 2 amide bonds. The highest BCUT2D eigenvalue weighted by molar-refractivity contribution is 5.90. The molecule has 2 aromatic carbocycles. The summed E-state index contributed by atoms with van der Waals surface area (Å²) in [6.07, 6.45) is 2.51. The monoisotopic (exact) mass is 396 g/mol. The van der Waals surface area contributed by atoms with E-state index >= 15 is 0 Å². The van der Waals surface area contributed by atoms with Crippen LogP contribution < -0.4 is 20.3 Å². The van der Waals surface area contributed by atoms with Crippen molar-refractivity contribution >= 4 is 17.4 Å². The number of hydrogen-bond donors (Lipinski definition) is 2. The molecule has 0 aliphatic carbocycles. The van der Waals surface area contributed by atoms with Crippen molar-refractivity contribution in [3.63, 3.8) is 0 Å². The molecule has 0 saturated carbocycles. The van der Waals surface area contributed by atoms with Crippen LogP contribution in [0.2, 0.25) is 0 Å². The number of methoxy groups -OCH3 is 1. The van der Waals surface area contributed by atoms with Crippen LogP contribution in [0.5, 0.6) is 5.75 Å². The van der Waals surface area contributed by atoms with E-state index in [1.54, 1.807) is 7.11 Å². The minimum Gasteiger partial charge on any atom is -0.497 e. The molecule has 1 atom stereocenters. The summed E-state index contributed by atoms with van der Waals surface area (Å²) >= 11 is 0. The molecule has 6 heteroatoms. The number of rotatable bonds is 7. The van der Waals surface area contributed by atoms with E-state index in [-0.39, 0.29) is 12.1 Å². The van der Waals surface area contributed by atoms with E-state index in [9.17, 15) is 4.79 Å². The third-order valence-corrected chi connectivity index (χ3v) is 5.51. The zero-order chi connectivity index (χ0) is 20.8. The molecule has 1 heterocycles. The molecule has 2 aromatic rings. The van der Waals surface area contributed by atoms with Crippen LogP contribution in [0.4, 0.5) is 16.2 Å². The van der Waals surface area contributed by atoms with Crippen molar-refractivity contribution < 1.29 is 9.53 Å². The second-order valence-electron chi connectivity index (χ2n) is 7.78. The molecule has 1 fully saturated rings. The maximum atomic E-state index is 12.5. The van der Waals surface area contributed by atoms with Gasteiger partial charge in [-0.05, 0) is 75.3 Å². The van der Waals surface area contributed by atoms with Crippen molar-refractivity contribution in [2.24, 2.45) is 0 Å². The van der Waals surface area contributed by atoms with Gasteiger partial charge in [0.05, 0.1) is 13.2 Å². The first-order valence-corrected chi connectivity index (χ1v) is 10.2. The van der Waals surface area contributed by atoms with E-state index < -0.39 is 0 Å². The Morgan fingerprint density at radius 3 is 2.41 bits per heavy atom. The number of nitrogens with zero attached hydrogens (tertiary/aromatic N) is 2. The number of anilines is 2. The van der Waals surface area contributed by atoms with E-state index in [1.807, 2.05) is 51.4 Å². The molecule has 0 radical (unpaired) electrons. The molecule has 3 rings (SSSR count). The largest absolute Gasteiger partial charge is 0.497 e. The Hall–Kier alpha value is -2.73. The molecule has 29 heavy (non-hydrogen) atoms. The van der Waals surface area contributed by atoms with Crippen LogP contribution >= 0.6 is 0 Å². The normalized spacial score (nSPS) is 14.7. The van der Waals surface area contributed by atoms with Crippen LogP contribution in [0, 0.1) is 6.92 Å². The van der Waals surface area contributed by atoms with Crippen molar-refractivity contribution in [3.05, 3.63) is 53.6 Å². The third kappa shape index (κ3) is 5.41. The highest BCUT2D eigenvalue weighted by atomic mass is 16.5. The van der Waals surface area contributed by atoms with Gasteiger partial charge in [0, 0.05) is 31.0 Å². The lowest BCUT2D eigenvalue weighted by molar-refractivity contribution is 0.243. The molecular weight excluding hydrogens is 364 g/mol. The Kier molecular flexibility index (Phi) is 6.99. The topological polar surface area (TPSA) is 56.8 Å². The Morgan fingerprint density at radius 1 is 1.14 bits per heavy atom. The van der Waals surface area contributed by atoms with Gasteiger partial charge in [0.2, 0.25) is 0 Å². The first-order valence-electron chi connectivity index (χ1n) is 10.2. The summed E-state index contributed by atoms with van der Waals surface area (Å²) in [4.78, 5) is 17.0. The number of likely N-dealkylation sites (N-methyl/N-ethyl adjacent to an activating group) is 1. The standard InChI is InChI=1S/C23H32N4O2/c1-17-15-19(27-13-5-6-14-27)9-12-21(17)25-23(28)24-16-22(26(2)3)18-7-10-20(29-4)11-8-18/h7-12,15,22H,5-6,13-14,16H2,1-4H3,(H2,24,25,28). The molecule has 0 aromatic heterocycles. The first kappa shape index (κ1) is 21.0. The number of ether oxygens (including phenoxy) is 1. The van der Waals surface area contributed by atoms with Crippen molar-refractivity contribution in [3.8, 4) is 5.75 Å². The van der Waals surface area contributed by atoms with Gasteiger partial charge in [-0.25, -0.2) is 4.79 Å². The van der Waals surface area contributed by atoms with Crippen LogP contribution in [-0.2, 0) is 0 Å². The summed E-state index contributed by atoms with van der Waals surface area (Å²) in [6, 6.07) is 14.1. The zero-order valence-corrected chi connectivity index (χ0v) is 17.9. The van der Waals surface area contributed by atoms with Crippen LogP contribution in [0.15, 0.2) is 42.5 Å². The highest BCUT2D eigenvalue weighted by Crippen LogP contribution is 2.25. The summed E-state index contributed by atoms with van der Waals surface area (Å²) in [5.41, 5.74) is 4.28. The SMILES string of the molecule is COc1ccc(C(CNC(=O)Nc2ccc(N3CCCC3)cc2C)N(C)C)cc1. The number of hydrogen-bond acceptors (Lipinski definition) is 4. The molecule has 0 bridgehead atoms. The number of carbonyl (C=O) groups excluding carboxylic acids is 1. The quantitative estimate of drug-likeness (QED) is 0.742. The van der Waals surface area contributed by atoms with E-state index in [2.05, 4.69) is 32.6 Å². The Balaban J connectivity index is 1.58. The fourth-order valence-corrected chi connectivity index (χ4v) is 3.74. The second kappa shape index (κ2) is 9.65. The number of amides is 2. The van der Waals surface area contributed by atoms with Gasteiger partial charge in [0.1, 0.15) is 5.75 Å². The zero-order valence-electron chi connectivity index (χ0n) is 17.9. The summed E-state index contributed by atoms with van der Waals surface area (Å²) in [7, 11) is 5.68. The fourth-order valence-electron chi connectivity index (χ4n) is 3.74. The lowest BCUT2D eigenvalue weighted by atomic mass is 10.1. The Bertz CT molecular complexity index is 814. The molecule has 156 valence electrons. The highest BCUT2D eigenvalue weighted by Gasteiger charge is 2.17. The molecular formula is C23H32N4O2. The first-order chi connectivity index (χ1) is 14.0. The molecule has 1 saturated heterocycles. The van der Waals surface area contributed by atoms with Crippen molar-refractivity contribution in [2.75, 3.05) is 51.1 Å². The minimum absolute atomic E-state index is 0.0743. The van der Waals surface area contributed by atoms with Gasteiger partial charge in [0.25, 0.3) is 0 Å². The average molecular weight is 397 g/mol. The number of carbonyl (C=O) groups is 1. The Labute approximate surface area is 173 Å². The van der Waals surface area contributed by atoms with E-state index in [4.69, 9.17) is 4.74 Å². The maximum absolute atomic E-state index is 12.5. The number of urea groups is 1. The van der Waals surface area contributed by atoms with Gasteiger partial charge in [-0.2, -0.15) is 0 Å². The van der Waals surface area contributed by atoms with Crippen LogP contribution in [0.25, 0.3) is 0 Å². The third-order valence-electron chi connectivity index (χ3n) is 5.51. The van der Waals surface area contributed by atoms with Crippen LogP contribution in [-0.4, -0.2) is 51.8 Å². The van der Waals surface area contributed by atoms with E-state index in [0.717, 1.165) is 35.7 Å². The van der Waals surface area contributed by atoms with Gasteiger partial charge in [-0.3, -0.25) is 0 Å². The molecule has 1 aliphatic heterocycles. The molecule has 6 nitrogen and oxygen atoms in total.